The molecule has 6 nitrogen and oxygen atoms in total. The molecule has 0 fully saturated rings. The van der Waals surface area contributed by atoms with Crippen molar-refractivity contribution in [3.05, 3.63) is 47.0 Å². The summed E-state index contributed by atoms with van der Waals surface area (Å²) in [5.74, 6) is 0.398. The zero-order chi connectivity index (χ0) is 19.5. The van der Waals surface area contributed by atoms with Crippen molar-refractivity contribution in [2.45, 2.75) is 52.1 Å². The molecule has 1 heterocycles. The largest absolute Gasteiger partial charge is 0.445 e. The lowest BCUT2D eigenvalue weighted by Gasteiger charge is -2.07. The zero-order valence-corrected chi connectivity index (χ0v) is 16.7. The summed E-state index contributed by atoms with van der Waals surface area (Å²) in [6, 6.07) is 9.56. The standard InChI is InChI=1S/C20H27N3O3S/c1-15(2)17-13-22-19(27-17)23-18(24)11-7-4-8-12-21-20(25)26-14-16-9-5-3-6-10-16/h3,5-6,9-10,13,15H,4,7-8,11-12,14H2,1-2H3,(H,21,25)(H,22,23,24). The van der Waals surface area contributed by atoms with E-state index in [0.29, 0.717) is 24.0 Å². The van der Waals surface area contributed by atoms with Crippen LogP contribution in [0.1, 0.15) is 55.9 Å². The monoisotopic (exact) mass is 389 g/mol. The van der Waals surface area contributed by atoms with Gasteiger partial charge in [-0.2, -0.15) is 0 Å². The molecule has 2 N–H and O–H groups in total. The predicted octanol–water partition coefficient (Wildman–Crippen LogP) is 4.69. The molecule has 0 saturated carbocycles. The molecule has 146 valence electrons. The summed E-state index contributed by atoms with van der Waals surface area (Å²) < 4.78 is 5.14. The summed E-state index contributed by atoms with van der Waals surface area (Å²) >= 11 is 1.52. The van der Waals surface area contributed by atoms with E-state index in [1.807, 2.05) is 36.5 Å². The summed E-state index contributed by atoms with van der Waals surface area (Å²) in [6.07, 6.45) is 4.29. The maximum Gasteiger partial charge on any atom is 0.407 e. The van der Waals surface area contributed by atoms with E-state index in [-0.39, 0.29) is 12.5 Å². The van der Waals surface area contributed by atoms with Crippen LogP contribution in [0.3, 0.4) is 0 Å². The molecule has 0 spiro atoms. The number of nitrogens with zero attached hydrogens (tertiary/aromatic N) is 1. The third-order valence-corrected chi connectivity index (χ3v) is 5.12. The van der Waals surface area contributed by atoms with Crippen molar-refractivity contribution >= 4 is 28.5 Å². The summed E-state index contributed by atoms with van der Waals surface area (Å²) in [5.41, 5.74) is 0.958. The molecule has 1 aromatic carbocycles. The number of alkyl carbamates (subject to hydrolysis) is 1. The van der Waals surface area contributed by atoms with Crippen molar-refractivity contribution < 1.29 is 14.3 Å². The highest BCUT2D eigenvalue weighted by atomic mass is 32.1. The van der Waals surface area contributed by atoms with Gasteiger partial charge in [0, 0.05) is 24.0 Å². The smallest absolute Gasteiger partial charge is 0.407 e. The van der Waals surface area contributed by atoms with Gasteiger partial charge in [0.15, 0.2) is 5.13 Å². The maximum atomic E-state index is 11.9. The van der Waals surface area contributed by atoms with Crippen molar-refractivity contribution in [2.75, 3.05) is 11.9 Å². The molecule has 0 unspecified atom stereocenters. The topological polar surface area (TPSA) is 80.3 Å². The second-order valence-corrected chi connectivity index (χ2v) is 7.63. The first-order chi connectivity index (χ1) is 13.0. The van der Waals surface area contributed by atoms with Crippen molar-refractivity contribution in [3.8, 4) is 0 Å². The molecule has 7 heteroatoms. The van der Waals surface area contributed by atoms with E-state index in [0.717, 1.165) is 29.7 Å². The Kier molecular flexibility index (Phi) is 8.77. The quantitative estimate of drug-likeness (QED) is 0.578. The Labute approximate surface area is 164 Å². The Bertz CT molecular complexity index is 716. The highest BCUT2D eigenvalue weighted by Crippen LogP contribution is 2.25. The van der Waals surface area contributed by atoms with Crippen molar-refractivity contribution in [1.29, 1.82) is 0 Å². The molecule has 0 aliphatic rings. The van der Waals surface area contributed by atoms with Crippen LogP contribution in [0.5, 0.6) is 0 Å². The fourth-order valence-electron chi connectivity index (χ4n) is 2.34. The van der Waals surface area contributed by atoms with Gasteiger partial charge in [0.05, 0.1) is 0 Å². The first kappa shape index (κ1) is 20.9. The summed E-state index contributed by atoms with van der Waals surface area (Å²) in [6.45, 7) is 5.01. The Balaban J connectivity index is 1.50. The number of ether oxygens (including phenoxy) is 1. The number of unbranched alkanes of at least 4 members (excludes halogenated alkanes) is 2. The Morgan fingerprint density at radius 1 is 1.15 bits per heavy atom. The number of anilines is 1. The highest BCUT2D eigenvalue weighted by Gasteiger charge is 2.08. The number of carbonyl (C=O) groups excluding carboxylic acids is 2. The number of nitrogens with one attached hydrogen (secondary N) is 2. The van der Waals surface area contributed by atoms with Crippen LogP contribution in [0.4, 0.5) is 9.93 Å². The van der Waals surface area contributed by atoms with Gasteiger partial charge in [-0.05, 0) is 24.3 Å². The number of carbonyl (C=O) groups is 2. The van der Waals surface area contributed by atoms with Crippen LogP contribution in [0.2, 0.25) is 0 Å². The predicted molar refractivity (Wildman–Crippen MR) is 108 cm³/mol. The first-order valence-electron chi connectivity index (χ1n) is 9.24. The first-order valence-corrected chi connectivity index (χ1v) is 10.1. The third-order valence-electron chi connectivity index (χ3n) is 3.90. The van der Waals surface area contributed by atoms with Gasteiger partial charge in [-0.15, -0.1) is 11.3 Å². The fraction of sp³-hybridized carbons (Fsp3) is 0.450. The number of amides is 2. The van der Waals surface area contributed by atoms with E-state index in [2.05, 4.69) is 29.5 Å². The molecule has 0 aliphatic carbocycles. The van der Waals surface area contributed by atoms with Gasteiger partial charge in [-0.1, -0.05) is 50.6 Å². The van der Waals surface area contributed by atoms with Crippen LogP contribution in [-0.2, 0) is 16.1 Å². The van der Waals surface area contributed by atoms with Gasteiger partial charge < -0.3 is 15.4 Å². The van der Waals surface area contributed by atoms with E-state index in [9.17, 15) is 9.59 Å². The van der Waals surface area contributed by atoms with Gasteiger partial charge in [-0.25, -0.2) is 9.78 Å². The Hall–Kier alpha value is -2.41. The number of hydrogen-bond donors (Lipinski definition) is 2. The SMILES string of the molecule is CC(C)c1cnc(NC(=O)CCCCCNC(=O)OCc2ccccc2)s1. The lowest BCUT2D eigenvalue weighted by molar-refractivity contribution is -0.116. The van der Waals surface area contributed by atoms with Crippen LogP contribution >= 0.6 is 11.3 Å². The third kappa shape index (κ3) is 8.21. The lowest BCUT2D eigenvalue weighted by atomic mass is 10.2. The fourth-order valence-corrected chi connectivity index (χ4v) is 3.18. The molecule has 2 rings (SSSR count). The molecule has 0 bridgehead atoms. The van der Waals surface area contributed by atoms with E-state index in [4.69, 9.17) is 4.74 Å². The van der Waals surface area contributed by atoms with Crippen molar-refractivity contribution in [1.82, 2.24) is 10.3 Å². The molecule has 27 heavy (non-hydrogen) atoms. The Morgan fingerprint density at radius 3 is 2.63 bits per heavy atom. The van der Waals surface area contributed by atoms with E-state index >= 15 is 0 Å². The van der Waals surface area contributed by atoms with Gasteiger partial charge in [-0.3, -0.25) is 4.79 Å². The minimum atomic E-state index is -0.415. The second-order valence-electron chi connectivity index (χ2n) is 6.57. The minimum absolute atomic E-state index is 0.0186. The van der Waals surface area contributed by atoms with E-state index < -0.39 is 6.09 Å². The maximum absolute atomic E-state index is 11.9. The average molecular weight is 390 g/mol. The minimum Gasteiger partial charge on any atom is -0.445 e. The van der Waals surface area contributed by atoms with Crippen LogP contribution in [0.25, 0.3) is 0 Å². The van der Waals surface area contributed by atoms with Gasteiger partial charge in [0.2, 0.25) is 5.91 Å². The van der Waals surface area contributed by atoms with Crippen LogP contribution < -0.4 is 10.6 Å². The van der Waals surface area contributed by atoms with Crippen LogP contribution in [0.15, 0.2) is 36.5 Å². The summed E-state index contributed by atoms with van der Waals surface area (Å²) in [4.78, 5) is 28.9. The summed E-state index contributed by atoms with van der Waals surface area (Å²) in [7, 11) is 0. The number of thiazole rings is 1. The van der Waals surface area contributed by atoms with Gasteiger partial charge in [0.25, 0.3) is 0 Å². The molecule has 0 aliphatic heterocycles. The zero-order valence-electron chi connectivity index (χ0n) is 15.9. The van der Waals surface area contributed by atoms with Crippen molar-refractivity contribution in [3.63, 3.8) is 0 Å². The molecule has 0 radical (unpaired) electrons. The number of aromatic nitrogens is 1. The normalized spacial score (nSPS) is 10.6. The molecule has 0 atom stereocenters. The molecule has 2 aromatic rings. The number of hydrogen-bond acceptors (Lipinski definition) is 5. The van der Waals surface area contributed by atoms with Crippen LogP contribution in [-0.4, -0.2) is 23.5 Å². The summed E-state index contributed by atoms with van der Waals surface area (Å²) in [5, 5.41) is 6.22. The Morgan fingerprint density at radius 2 is 1.93 bits per heavy atom. The van der Waals surface area contributed by atoms with E-state index in [1.165, 1.54) is 11.3 Å². The van der Waals surface area contributed by atoms with E-state index in [1.54, 1.807) is 0 Å². The van der Waals surface area contributed by atoms with Gasteiger partial charge in [0.1, 0.15) is 6.61 Å². The van der Waals surface area contributed by atoms with Gasteiger partial charge >= 0.3 is 6.09 Å². The molecular weight excluding hydrogens is 362 g/mol. The number of benzene rings is 1. The molecule has 1 aromatic heterocycles. The second kappa shape index (κ2) is 11.3. The van der Waals surface area contributed by atoms with Crippen molar-refractivity contribution in [2.24, 2.45) is 0 Å². The number of rotatable bonds is 10. The van der Waals surface area contributed by atoms with Crippen LogP contribution in [0, 0.1) is 0 Å². The average Bonchev–Trinajstić information content (AvgIpc) is 3.12. The molecular formula is C20H27N3O3S. The highest BCUT2D eigenvalue weighted by molar-refractivity contribution is 7.15. The molecule has 0 saturated heterocycles. The lowest BCUT2D eigenvalue weighted by Crippen LogP contribution is -2.25. The molecule has 2 amide bonds.